The largest absolute Gasteiger partial charge is 0.394 e. The van der Waals surface area contributed by atoms with Crippen LogP contribution >= 0.6 is 11.8 Å². The molecule has 2 aliphatic rings. The number of carbonyl (C=O) groups excluding carboxylic acids is 2. The van der Waals surface area contributed by atoms with Crippen LogP contribution in [0.15, 0.2) is 0 Å². The summed E-state index contributed by atoms with van der Waals surface area (Å²) < 4.78 is 5.23. The normalized spacial score (nSPS) is 24.7. The highest BCUT2D eigenvalue weighted by atomic mass is 32.2. The smallest absolute Gasteiger partial charge is 0.281 e. The first-order valence-corrected chi connectivity index (χ1v) is 7.10. The number of amides is 2. The quantitative estimate of drug-likeness (QED) is 0.766. The second-order valence-corrected chi connectivity index (χ2v) is 5.40. The van der Waals surface area contributed by atoms with E-state index in [1.807, 2.05) is 0 Å². The summed E-state index contributed by atoms with van der Waals surface area (Å²) in [7, 11) is 0. The van der Waals surface area contributed by atoms with E-state index in [0.717, 1.165) is 12.3 Å². The monoisotopic (exact) mass is 274 g/mol. The van der Waals surface area contributed by atoms with Crippen LogP contribution in [0.4, 0.5) is 4.79 Å². The van der Waals surface area contributed by atoms with E-state index in [2.05, 4.69) is 0 Å². The molecule has 102 valence electrons. The number of thioether (sulfide) groups is 1. The average Bonchev–Trinajstić information content (AvgIpc) is 2.81. The molecule has 0 spiro atoms. The lowest BCUT2D eigenvalue weighted by molar-refractivity contribution is -0.141. The molecule has 0 aromatic rings. The fourth-order valence-corrected chi connectivity index (χ4v) is 2.99. The van der Waals surface area contributed by atoms with Crippen molar-refractivity contribution in [3.05, 3.63) is 0 Å². The molecule has 0 radical (unpaired) electrons. The molecule has 2 rings (SSSR count). The molecule has 0 saturated carbocycles. The Labute approximate surface area is 110 Å². The fourth-order valence-electron chi connectivity index (χ4n) is 2.14. The van der Waals surface area contributed by atoms with Crippen LogP contribution in [-0.4, -0.2) is 77.3 Å². The molecule has 2 saturated heterocycles. The van der Waals surface area contributed by atoms with Crippen molar-refractivity contribution in [3.63, 3.8) is 0 Å². The van der Waals surface area contributed by atoms with E-state index >= 15 is 0 Å². The van der Waals surface area contributed by atoms with Crippen LogP contribution in [0.3, 0.4) is 0 Å². The van der Waals surface area contributed by atoms with E-state index < -0.39 is 0 Å². The minimum Gasteiger partial charge on any atom is -0.394 e. The average molecular weight is 274 g/mol. The molecule has 0 aliphatic carbocycles. The number of aliphatic hydroxyl groups is 1. The molecule has 0 bridgehead atoms. The lowest BCUT2D eigenvalue weighted by Gasteiger charge is -2.34. The molecule has 1 N–H and O–H groups in total. The van der Waals surface area contributed by atoms with Crippen molar-refractivity contribution < 1.29 is 19.4 Å². The van der Waals surface area contributed by atoms with Gasteiger partial charge in [-0.1, -0.05) is 11.8 Å². The van der Waals surface area contributed by atoms with Gasteiger partial charge in [0.2, 0.25) is 5.91 Å². The van der Waals surface area contributed by atoms with E-state index in [9.17, 15) is 14.7 Å². The van der Waals surface area contributed by atoms with Crippen LogP contribution in [0.1, 0.15) is 6.42 Å². The fraction of sp³-hybridized carbons (Fsp3) is 0.818. The van der Waals surface area contributed by atoms with E-state index in [4.69, 9.17) is 4.74 Å². The topological polar surface area (TPSA) is 70.1 Å². The van der Waals surface area contributed by atoms with Crippen LogP contribution in [0.2, 0.25) is 0 Å². The Morgan fingerprint density at radius 3 is 3.00 bits per heavy atom. The number of hydrogen-bond acceptors (Lipinski definition) is 5. The first-order valence-electron chi connectivity index (χ1n) is 6.12. The molecule has 1 unspecified atom stereocenters. The standard InChI is InChI=1S/C11H18N2O4S/c14-7-9-8-17-5-3-13(9)10(15)1-2-12-4-6-18-11(12)16/h9,14H,1-8H2. The van der Waals surface area contributed by atoms with Gasteiger partial charge >= 0.3 is 0 Å². The van der Waals surface area contributed by atoms with Crippen molar-refractivity contribution in [1.29, 1.82) is 0 Å². The van der Waals surface area contributed by atoms with Crippen molar-refractivity contribution in [2.75, 3.05) is 45.2 Å². The summed E-state index contributed by atoms with van der Waals surface area (Å²) in [6, 6.07) is -0.241. The molecule has 0 aromatic heterocycles. The molecule has 2 aliphatic heterocycles. The van der Waals surface area contributed by atoms with Crippen molar-refractivity contribution in [1.82, 2.24) is 9.80 Å². The highest BCUT2D eigenvalue weighted by Gasteiger charge is 2.28. The van der Waals surface area contributed by atoms with E-state index in [0.29, 0.717) is 32.7 Å². The van der Waals surface area contributed by atoms with Gasteiger partial charge in [0.15, 0.2) is 0 Å². The zero-order valence-corrected chi connectivity index (χ0v) is 11.0. The maximum atomic E-state index is 12.0. The minimum absolute atomic E-state index is 0.0120. The molecule has 2 heterocycles. The lowest BCUT2D eigenvalue weighted by atomic mass is 10.2. The molecule has 18 heavy (non-hydrogen) atoms. The predicted octanol–water partition coefficient (Wildman–Crippen LogP) is -0.235. The van der Waals surface area contributed by atoms with Gasteiger partial charge in [-0.2, -0.15) is 0 Å². The highest BCUT2D eigenvalue weighted by Crippen LogP contribution is 2.17. The van der Waals surface area contributed by atoms with Crippen LogP contribution in [0, 0.1) is 0 Å². The molecular weight excluding hydrogens is 256 g/mol. The second-order valence-electron chi connectivity index (χ2n) is 4.35. The first-order chi connectivity index (χ1) is 8.72. The Morgan fingerprint density at radius 1 is 1.50 bits per heavy atom. The zero-order valence-electron chi connectivity index (χ0n) is 10.2. The number of aliphatic hydroxyl groups excluding tert-OH is 1. The Hall–Kier alpha value is -0.790. The summed E-state index contributed by atoms with van der Waals surface area (Å²) in [5.41, 5.74) is 0. The summed E-state index contributed by atoms with van der Waals surface area (Å²) in [4.78, 5) is 26.8. The molecule has 2 fully saturated rings. The maximum absolute atomic E-state index is 12.0. The number of nitrogens with zero attached hydrogens (tertiary/aromatic N) is 2. The van der Waals surface area contributed by atoms with E-state index in [1.54, 1.807) is 9.80 Å². The van der Waals surface area contributed by atoms with Gasteiger partial charge in [-0.3, -0.25) is 9.59 Å². The van der Waals surface area contributed by atoms with Gasteiger partial charge in [-0.15, -0.1) is 0 Å². The lowest BCUT2D eigenvalue weighted by Crippen LogP contribution is -2.51. The Kier molecular flexibility index (Phi) is 4.85. The predicted molar refractivity (Wildman–Crippen MR) is 67.4 cm³/mol. The number of carbonyl (C=O) groups is 2. The molecular formula is C11H18N2O4S. The Bertz CT molecular complexity index is 326. The molecule has 0 aromatic carbocycles. The van der Waals surface area contributed by atoms with Crippen LogP contribution in [0.25, 0.3) is 0 Å². The molecule has 2 amide bonds. The third-order valence-electron chi connectivity index (χ3n) is 3.20. The van der Waals surface area contributed by atoms with Gasteiger partial charge in [0.05, 0.1) is 25.9 Å². The Balaban J connectivity index is 1.81. The van der Waals surface area contributed by atoms with Gasteiger partial charge in [0.1, 0.15) is 0 Å². The van der Waals surface area contributed by atoms with E-state index in [-0.39, 0.29) is 23.8 Å². The van der Waals surface area contributed by atoms with Crippen LogP contribution in [0.5, 0.6) is 0 Å². The maximum Gasteiger partial charge on any atom is 0.281 e. The molecule has 1 atom stereocenters. The second kappa shape index (κ2) is 6.40. The van der Waals surface area contributed by atoms with Gasteiger partial charge in [-0.05, 0) is 0 Å². The molecule has 6 nitrogen and oxygen atoms in total. The van der Waals surface area contributed by atoms with Gasteiger partial charge < -0.3 is 19.6 Å². The first kappa shape index (κ1) is 13.6. The number of morpholine rings is 1. The van der Waals surface area contributed by atoms with Crippen molar-refractivity contribution in [2.24, 2.45) is 0 Å². The van der Waals surface area contributed by atoms with Crippen LogP contribution in [-0.2, 0) is 9.53 Å². The Morgan fingerprint density at radius 2 is 2.33 bits per heavy atom. The zero-order chi connectivity index (χ0) is 13.0. The number of rotatable bonds is 4. The summed E-state index contributed by atoms with van der Waals surface area (Å²) in [5.74, 6) is 0.797. The van der Waals surface area contributed by atoms with E-state index in [1.165, 1.54) is 11.8 Å². The SMILES string of the molecule is O=C1SCCN1CCC(=O)N1CCOCC1CO. The van der Waals surface area contributed by atoms with Gasteiger partial charge in [0.25, 0.3) is 5.24 Å². The summed E-state index contributed by atoms with van der Waals surface area (Å²) >= 11 is 1.30. The van der Waals surface area contributed by atoms with Crippen LogP contribution < -0.4 is 0 Å². The minimum atomic E-state index is -0.241. The van der Waals surface area contributed by atoms with Crippen molar-refractivity contribution >= 4 is 22.9 Å². The summed E-state index contributed by atoms with van der Waals surface area (Å²) in [5, 5.41) is 9.25. The van der Waals surface area contributed by atoms with Gasteiger partial charge in [-0.25, -0.2) is 0 Å². The summed E-state index contributed by atoms with van der Waals surface area (Å²) in [6.45, 7) is 2.54. The summed E-state index contributed by atoms with van der Waals surface area (Å²) in [6.07, 6.45) is 0.322. The number of ether oxygens (including phenoxy) is 1. The van der Waals surface area contributed by atoms with Crippen molar-refractivity contribution in [2.45, 2.75) is 12.5 Å². The highest BCUT2D eigenvalue weighted by molar-refractivity contribution is 8.13. The number of hydrogen-bond donors (Lipinski definition) is 1. The molecule has 7 heteroatoms. The van der Waals surface area contributed by atoms with Crippen molar-refractivity contribution in [3.8, 4) is 0 Å². The third kappa shape index (κ3) is 3.15. The third-order valence-corrected chi connectivity index (χ3v) is 4.09. The van der Waals surface area contributed by atoms with Gasteiger partial charge in [0, 0.05) is 31.8 Å².